The van der Waals surface area contributed by atoms with Gasteiger partial charge in [-0.1, -0.05) is 13.0 Å². The second-order valence-electron chi connectivity index (χ2n) is 5.80. The van der Waals surface area contributed by atoms with Gasteiger partial charge in [-0.2, -0.15) is 0 Å². The third-order valence-corrected chi connectivity index (χ3v) is 3.81. The van der Waals surface area contributed by atoms with Crippen molar-refractivity contribution >= 4 is 17.5 Å². The maximum absolute atomic E-state index is 12.1. The maximum atomic E-state index is 12.1. The molecule has 0 aliphatic carbocycles. The third kappa shape index (κ3) is 6.29. The van der Waals surface area contributed by atoms with Gasteiger partial charge in [-0.3, -0.25) is 9.59 Å². The summed E-state index contributed by atoms with van der Waals surface area (Å²) in [5, 5.41) is 5.61. The first kappa shape index (κ1) is 18.4. The smallest absolute Gasteiger partial charge is 0.251 e. The number of carbonyl (C=O) groups is 2. The zero-order valence-electron chi connectivity index (χ0n) is 14.2. The molecule has 2 N–H and O–H groups in total. The Bertz CT molecular complexity index is 542. The molecule has 1 aliphatic rings. The first-order valence-electron chi connectivity index (χ1n) is 8.56. The summed E-state index contributed by atoms with van der Waals surface area (Å²) >= 11 is 0. The minimum absolute atomic E-state index is 0.0732. The molecule has 2 amide bonds. The zero-order valence-corrected chi connectivity index (χ0v) is 14.2. The van der Waals surface area contributed by atoms with E-state index in [0.29, 0.717) is 37.4 Å². The minimum Gasteiger partial charge on any atom is -0.379 e. The molecule has 1 unspecified atom stereocenters. The summed E-state index contributed by atoms with van der Waals surface area (Å²) in [5.74, 6) is -0.224. The molecule has 1 saturated heterocycles. The molecule has 24 heavy (non-hydrogen) atoms. The third-order valence-electron chi connectivity index (χ3n) is 3.81. The summed E-state index contributed by atoms with van der Waals surface area (Å²) in [6, 6.07) is 6.93. The number of hydrogen-bond acceptors (Lipinski definition) is 4. The van der Waals surface area contributed by atoms with Gasteiger partial charge in [0.05, 0.1) is 12.7 Å². The summed E-state index contributed by atoms with van der Waals surface area (Å²) in [4.78, 5) is 23.5. The number of benzene rings is 1. The lowest BCUT2D eigenvalue weighted by atomic mass is 10.2. The summed E-state index contributed by atoms with van der Waals surface area (Å²) in [6.45, 7) is 4.41. The lowest BCUT2D eigenvalue weighted by Crippen LogP contribution is -2.26. The van der Waals surface area contributed by atoms with E-state index in [1.807, 2.05) is 0 Å². The van der Waals surface area contributed by atoms with Crippen molar-refractivity contribution in [1.82, 2.24) is 5.32 Å². The quantitative estimate of drug-likeness (QED) is 0.680. The number of nitrogens with one attached hydrogen (secondary N) is 2. The minimum atomic E-state index is -0.151. The average molecular weight is 334 g/mol. The van der Waals surface area contributed by atoms with Crippen LogP contribution < -0.4 is 10.6 Å². The lowest BCUT2D eigenvalue weighted by Gasteiger charge is -2.10. The Labute approximate surface area is 142 Å². The first-order chi connectivity index (χ1) is 11.7. The van der Waals surface area contributed by atoms with Crippen LogP contribution in [0.1, 0.15) is 43.0 Å². The molecule has 0 saturated carbocycles. The highest BCUT2D eigenvalue weighted by molar-refractivity contribution is 5.97. The number of rotatable bonds is 9. The van der Waals surface area contributed by atoms with Gasteiger partial charge in [-0.05, 0) is 37.5 Å². The SMILES string of the molecule is CCC(=O)Nc1cccc(C(=O)NCCCOCC2CCCO2)c1. The normalized spacial score (nSPS) is 16.8. The molecule has 6 heteroatoms. The van der Waals surface area contributed by atoms with E-state index in [1.165, 1.54) is 0 Å². The topological polar surface area (TPSA) is 76.7 Å². The Morgan fingerprint density at radius 1 is 1.38 bits per heavy atom. The molecule has 0 spiro atoms. The van der Waals surface area contributed by atoms with Crippen LogP contribution in [0.5, 0.6) is 0 Å². The molecule has 0 aromatic heterocycles. The molecule has 1 aliphatic heterocycles. The van der Waals surface area contributed by atoms with Crippen LogP contribution in [0.2, 0.25) is 0 Å². The monoisotopic (exact) mass is 334 g/mol. The second-order valence-corrected chi connectivity index (χ2v) is 5.80. The van der Waals surface area contributed by atoms with Crippen LogP contribution in [0.4, 0.5) is 5.69 Å². The fraction of sp³-hybridized carbons (Fsp3) is 0.556. The highest BCUT2D eigenvalue weighted by atomic mass is 16.5. The second kappa shape index (κ2) is 10.1. The molecule has 0 bridgehead atoms. The summed E-state index contributed by atoms with van der Waals surface area (Å²) in [7, 11) is 0. The standard InChI is InChI=1S/C18H26N2O4/c1-2-17(21)20-15-7-3-6-14(12-15)18(22)19-9-5-10-23-13-16-8-4-11-24-16/h3,6-7,12,16H,2,4-5,8-11,13H2,1H3,(H,19,22)(H,20,21). The molecule has 1 fully saturated rings. The molecular weight excluding hydrogens is 308 g/mol. The van der Waals surface area contributed by atoms with Crippen molar-refractivity contribution in [2.75, 3.05) is 31.7 Å². The van der Waals surface area contributed by atoms with Crippen LogP contribution in [0.25, 0.3) is 0 Å². The summed E-state index contributed by atoms with van der Waals surface area (Å²) in [5.41, 5.74) is 1.17. The van der Waals surface area contributed by atoms with Crippen LogP contribution in [-0.4, -0.2) is 44.3 Å². The van der Waals surface area contributed by atoms with Gasteiger partial charge in [-0.25, -0.2) is 0 Å². The van der Waals surface area contributed by atoms with E-state index in [1.54, 1.807) is 31.2 Å². The fourth-order valence-corrected chi connectivity index (χ4v) is 2.46. The largest absolute Gasteiger partial charge is 0.379 e. The van der Waals surface area contributed by atoms with Crippen LogP contribution in [0.3, 0.4) is 0 Å². The van der Waals surface area contributed by atoms with Crippen molar-refractivity contribution in [2.24, 2.45) is 0 Å². The number of ether oxygens (including phenoxy) is 2. The average Bonchev–Trinajstić information content (AvgIpc) is 3.11. The van der Waals surface area contributed by atoms with E-state index >= 15 is 0 Å². The van der Waals surface area contributed by atoms with Gasteiger partial charge >= 0.3 is 0 Å². The molecular formula is C18H26N2O4. The first-order valence-corrected chi connectivity index (χ1v) is 8.56. The lowest BCUT2D eigenvalue weighted by molar-refractivity contribution is -0.115. The van der Waals surface area contributed by atoms with Crippen LogP contribution in [-0.2, 0) is 14.3 Å². The number of hydrogen-bond donors (Lipinski definition) is 2. The van der Waals surface area contributed by atoms with Gasteiger partial charge in [0.15, 0.2) is 0 Å². The molecule has 132 valence electrons. The highest BCUT2D eigenvalue weighted by Crippen LogP contribution is 2.12. The van der Waals surface area contributed by atoms with E-state index in [9.17, 15) is 9.59 Å². The predicted molar refractivity (Wildman–Crippen MR) is 92.1 cm³/mol. The number of amides is 2. The molecule has 0 radical (unpaired) electrons. The molecule has 2 rings (SSSR count). The molecule has 6 nitrogen and oxygen atoms in total. The zero-order chi connectivity index (χ0) is 17.2. The predicted octanol–water partition coefficient (Wildman–Crippen LogP) is 2.35. The van der Waals surface area contributed by atoms with Gasteiger partial charge in [0.2, 0.25) is 5.91 Å². The van der Waals surface area contributed by atoms with Crippen LogP contribution in [0.15, 0.2) is 24.3 Å². The van der Waals surface area contributed by atoms with Crippen molar-refractivity contribution in [1.29, 1.82) is 0 Å². The molecule has 1 aromatic rings. The Morgan fingerprint density at radius 3 is 3.00 bits per heavy atom. The summed E-state index contributed by atoms with van der Waals surface area (Å²) < 4.78 is 11.0. The molecule has 1 aromatic carbocycles. The number of anilines is 1. The van der Waals surface area contributed by atoms with Crippen molar-refractivity contribution < 1.29 is 19.1 Å². The Morgan fingerprint density at radius 2 is 2.25 bits per heavy atom. The van der Waals surface area contributed by atoms with Crippen molar-refractivity contribution in [3.8, 4) is 0 Å². The van der Waals surface area contributed by atoms with Crippen LogP contribution in [0, 0.1) is 0 Å². The van der Waals surface area contributed by atoms with E-state index < -0.39 is 0 Å². The van der Waals surface area contributed by atoms with Crippen molar-refractivity contribution in [3.63, 3.8) is 0 Å². The maximum Gasteiger partial charge on any atom is 0.251 e. The highest BCUT2D eigenvalue weighted by Gasteiger charge is 2.15. The van der Waals surface area contributed by atoms with Gasteiger partial charge in [0.25, 0.3) is 5.91 Å². The van der Waals surface area contributed by atoms with E-state index in [4.69, 9.17) is 9.47 Å². The van der Waals surface area contributed by atoms with E-state index in [0.717, 1.165) is 25.9 Å². The molecule has 1 heterocycles. The van der Waals surface area contributed by atoms with Gasteiger partial charge in [-0.15, -0.1) is 0 Å². The van der Waals surface area contributed by atoms with Gasteiger partial charge < -0.3 is 20.1 Å². The Kier molecular flexibility index (Phi) is 7.71. The van der Waals surface area contributed by atoms with Gasteiger partial charge in [0, 0.05) is 37.4 Å². The van der Waals surface area contributed by atoms with E-state index in [2.05, 4.69) is 10.6 Å². The van der Waals surface area contributed by atoms with Gasteiger partial charge in [0.1, 0.15) is 0 Å². The van der Waals surface area contributed by atoms with Crippen LogP contribution >= 0.6 is 0 Å². The van der Waals surface area contributed by atoms with E-state index in [-0.39, 0.29) is 17.9 Å². The Hall–Kier alpha value is -1.92. The fourth-order valence-electron chi connectivity index (χ4n) is 2.46. The molecule has 1 atom stereocenters. The summed E-state index contributed by atoms with van der Waals surface area (Å²) in [6.07, 6.45) is 3.58. The number of carbonyl (C=O) groups excluding carboxylic acids is 2. The Balaban J connectivity index is 1.64. The van der Waals surface area contributed by atoms with Crippen molar-refractivity contribution in [3.05, 3.63) is 29.8 Å². The van der Waals surface area contributed by atoms with Crippen molar-refractivity contribution in [2.45, 2.75) is 38.7 Å².